The van der Waals surface area contributed by atoms with Crippen molar-refractivity contribution >= 4 is 40.6 Å². The molecular weight excluding hydrogens is 486 g/mol. The maximum atomic E-state index is 13.9. The van der Waals surface area contributed by atoms with Crippen molar-refractivity contribution in [3.05, 3.63) is 58.5 Å². The van der Waals surface area contributed by atoms with Gasteiger partial charge in [-0.2, -0.15) is 4.37 Å². The van der Waals surface area contributed by atoms with Gasteiger partial charge in [-0.25, -0.2) is 0 Å². The number of nitrogens with one attached hydrogen (secondary N) is 1. The number of nitrogens with zero attached hydrogens (tertiary/aromatic N) is 2. The number of anilines is 2. The van der Waals surface area contributed by atoms with Gasteiger partial charge in [-0.1, -0.05) is 0 Å². The SMILES string of the molecule is COc1ccc(N(C(=O)c2snc(C(N)=O)c2N)C(C(=O)NCC2CCCO2)c2ccc(C)o2)cc1. The quantitative estimate of drug-likeness (QED) is 0.393. The summed E-state index contributed by atoms with van der Waals surface area (Å²) in [7, 11) is 1.52. The number of nitrogens with two attached hydrogens (primary N) is 2. The Morgan fingerprint density at radius 2 is 2.00 bits per heavy atom. The van der Waals surface area contributed by atoms with Crippen LogP contribution in [0.15, 0.2) is 40.8 Å². The van der Waals surface area contributed by atoms with Crippen molar-refractivity contribution in [3.63, 3.8) is 0 Å². The van der Waals surface area contributed by atoms with Gasteiger partial charge >= 0.3 is 0 Å². The van der Waals surface area contributed by atoms with Crippen LogP contribution in [0.1, 0.15) is 50.6 Å². The first kappa shape index (κ1) is 25.2. The number of ether oxygens (including phenoxy) is 2. The van der Waals surface area contributed by atoms with Crippen molar-refractivity contribution in [3.8, 4) is 5.75 Å². The normalized spacial score (nSPS) is 15.9. The fourth-order valence-electron chi connectivity index (χ4n) is 3.96. The lowest BCUT2D eigenvalue weighted by molar-refractivity contribution is -0.123. The molecule has 1 fully saturated rings. The second-order valence-corrected chi connectivity index (χ2v) is 9.02. The lowest BCUT2D eigenvalue weighted by atomic mass is 10.1. The van der Waals surface area contributed by atoms with Crippen LogP contribution < -0.4 is 26.4 Å². The van der Waals surface area contributed by atoms with Gasteiger partial charge in [-0.3, -0.25) is 19.3 Å². The highest BCUT2D eigenvalue weighted by Gasteiger charge is 2.38. The minimum absolute atomic E-state index is 0.0279. The average molecular weight is 514 g/mol. The molecule has 1 aliphatic heterocycles. The van der Waals surface area contributed by atoms with E-state index >= 15 is 0 Å². The highest BCUT2D eigenvalue weighted by Crippen LogP contribution is 2.34. The third-order valence-electron chi connectivity index (χ3n) is 5.79. The number of aromatic nitrogens is 1. The molecule has 3 aromatic rings. The summed E-state index contributed by atoms with van der Waals surface area (Å²) in [4.78, 5) is 40.5. The highest BCUT2D eigenvalue weighted by atomic mass is 32.1. The smallest absolute Gasteiger partial charge is 0.273 e. The van der Waals surface area contributed by atoms with Gasteiger partial charge < -0.3 is 30.7 Å². The van der Waals surface area contributed by atoms with Gasteiger partial charge in [-0.05, 0) is 67.7 Å². The second-order valence-electron chi connectivity index (χ2n) is 8.24. The molecule has 2 aromatic heterocycles. The molecule has 0 radical (unpaired) electrons. The number of primary amides is 1. The summed E-state index contributed by atoms with van der Waals surface area (Å²) < 4.78 is 20.6. The van der Waals surface area contributed by atoms with Crippen LogP contribution >= 0.6 is 11.5 Å². The summed E-state index contributed by atoms with van der Waals surface area (Å²) in [5.41, 5.74) is 11.4. The van der Waals surface area contributed by atoms with Crippen molar-refractivity contribution in [2.75, 3.05) is 30.9 Å². The number of methoxy groups -OCH3 is 1. The number of carbonyl (C=O) groups is 3. The lowest BCUT2D eigenvalue weighted by Gasteiger charge is -2.30. The first-order valence-corrected chi connectivity index (χ1v) is 12.1. The third kappa shape index (κ3) is 5.19. The molecule has 190 valence electrons. The number of benzene rings is 1. The number of rotatable bonds is 9. The van der Waals surface area contributed by atoms with Crippen molar-refractivity contribution in [1.82, 2.24) is 9.69 Å². The van der Waals surface area contributed by atoms with Gasteiger partial charge in [0, 0.05) is 18.8 Å². The largest absolute Gasteiger partial charge is 0.497 e. The van der Waals surface area contributed by atoms with Gasteiger partial charge in [-0.15, -0.1) is 0 Å². The zero-order valence-corrected chi connectivity index (χ0v) is 20.7. The summed E-state index contributed by atoms with van der Waals surface area (Å²) >= 11 is 0.732. The molecule has 0 spiro atoms. The van der Waals surface area contributed by atoms with E-state index in [4.69, 9.17) is 25.4 Å². The molecule has 1 saturated heterocycles. The zero-order chi connectivity index (χ0) is 25.8. The number of amides is 3. The highest BCUT2D eigenvalue weighted by molar-refractivity contribution is 7.09. The van der Waals surface area contributed by atoms with E-state index in [0.717, 1.165) is 24.4 Å². The Morgan fingerprint density at radius 3 is 2.56 bits per heavy atom. The van der Waals surface area contributed by atoms with Crippen LogP contribution in [0.5, 0.6) is 5.75 Å². The van der Waals surface area contributed by atoms with E-state index in [2.05, 4.69) is 9.69 Å². The van der Waals surface area contributed by atoms with Gasteiger partial charge in [0.1, 0.15) is 22.1 Å². The monoisotopic (exact) mass is 513 g/mol. The van der Waals surface area contributed by atoms with E-state index < -0.39 is 23.8 Å². The predicted octanol–water partition coefficient (Wildman–Crippen LogP) is 2.42. The van der Waals surface area contributed by atoms with E-state index in [1.807, 2.05) is 0 Å². The molecular formula is C24H27N5O6S. The number of carbonyl (C=O) groups excluding carboxylic acids is 3. The van der Waals surface area contributed by atoms with E-state index in [-0.39, 0.29) is 34.7 Å². The third-order valence-corrected chi connectivity index (χ3v) is 6.64. The Balaban J connectivity index is 1.78. The molecule has 2 unspecified atom stereocenters. The molecule has 11 nitrogen and oxygen atoms in total. The molecule has 0 bridgehead atoms. The van der Waals surface area contributed by atoms with Crippen molar-refractivity contribution in [2.24, 2.45) is 5.73 Å². The molecule has 0 aliphatic carbocycles. The van der Waals surface area contributed by atoms with Gasteiger partial charge in [0.15, 0.2) is 11.7 Å². The van der Waals surface area contributed by atoms with E-state index in [9.17, 15) is 14.4 Å². The standard InChI is InChI=1S/C24H27N5O6S/c1-13-5-10-17(35-13)20(23(31)27-12-16-4-3-11-34-16)29(14-6-8-15(33-2)9-7-14)24(32)21-18(25)19(22(26)30)28-36-21/h5-10,16,20H,3-4,11-12,25H2,1-2H3,(H2,26,30)(H,27,31). The zero-order valence-electron chi connectivity index (χ0n) is 19.9. The number of nitrogen functional groups attached to an aromatic ring is 1. The van der Waals surface area contributed by atoms with Crippen LogP contribution in [-0.2, 0) is 9.53 Å². The first-order valence-electron chi connectivity index (χ1n) is 11.3. The van der Waals surface area contributed by atoms with Gasteiger partial charge in [0.25, 0.3) is 17.7 Å². The molecule has 12 heteroatoms. The number of hydrogen-bond donors (Lipinski definition) is 3. The maximum Gasteiger partial charge on any atom is 0.273 e. The Kier molecular flexibility index (Phi) is 7.55. The second kappa shape index (κ2) is 10.8. The molecule has 3 amide bonds. The summed E-state index contributed by atoms with van der Waals surface area (Å²) in [5, 5.41) is 2.89. The topological polar surface area (TPSA) is 163 Å². The van der Waals surface area contributed by atoms with Gasteiger partial charge in [0.2, 0.25) is 0 Å². The van der Waals surface area contributed by atoms with Crippen LogP contribution in [-0.4, -0.2) is 48.5 Å². The maximum absolute atomic E-state index is 13.9. The molecule has 4 rings (SSSR count). The molecule has 1 aliphatic rings. The fourth-order valence-corrected chi connectivity index (χ4v) is 4.70. The van der Waals surface area contributed by atoms with E-state index in [1.165, 1.54) is 12.0 Å². The Bertz CT molecular complexity index is 1250. The summed E-state index contributed by atoms with van der Waals surface area (Å²) in [6.45, 7) is 2.67. The van der Waals surface area contributed by atoms with Crippen LogP contribution in [0.4, 0.5) is 11.4 Å². The Morgan fingerprint density at radius 1 is 1.25 bits per heavy atom. The average Bonchev–Trinajstić information content (AvgIpc) is 3.62. The summed E-state index contributed by atoms with van der Waals surface area (Å²) in [5.74, 6) is -0.590. The molecule has 0 saturated carbocycles. The van der Waals surface area contributed by atoms with Crippen molar-refractivity contribution in [2.45, 2.75) is 31.9 Å². The predicted molar refractivity (Wildman–Crippen MR) is 133 cm³/mol. The van der Waals surface area contributed by atoms with Crippen molar-refractivity contribution in [1.29, 1.82) is 0 Å². The molecule has 3 heterocycles. The van der Waals surface area contributed by atoms with Gasteiger partial charge in [0.05, 0.1) is 18.9 Å². The first-order chi connectivity index (χ1) is 17.3. The van der Waals surface area contributed by atoms with E-state index in [1.54, 1.807) is 43.3 Å². The van der Waals surface area contributed by atoms with E-state index in [0.29, 0.717) is 23.8 Å². The Labute approximate surface area is 211 Å². The van der Waals surface area contributed by atoms with Crippen LogP contribution in [0.25, 0.3) is 0 Å². The minimum Gasteiger partial charge on any atom is -0.497 e. The minimum atomic E-state index is -1.19. The van der Waals surface area contributed by atoms with Crippen LogP contribution in [0.3, 0.4) is 0 Å². The summed E-state index contributed by atoms with van der Waals surface area (Å²) in [6, 6.07) is 8.75. The summed E-state index contributed by atoms with van der Waals surface area (Å²) in [6.07, 6.45) is 1.65. The number of aryl methyl sites for hydroxylation is 1. The molecule has 36 heavy (non-hydrogen) atoms. The molecule has 2 atom stereocenters. The fraction of sp³-hybridized carbons (Fsp3) is 0.333. The Hall–Kier alpha value is -3.90. The molecule has 1 aromatic carbocycles. The number of hydrogen-bond acceptors (Lipinski definition) is 9. The van der Waals surface area contributed by atoms with Crippen LogP contribution in [0.2, 0.25) is 0 Å². The number of furan rings is 1. The van der Waals surface area contributed by atoms with Crippen LogP contribution in [0, 0.1) is 6.92 Å². The molecule has 5 N–H and O–H groups in total. The lowest BCUT2D eigenvalue weighted by Crippen LogP contribution is -2.45. The van der Waals surface area contributed by atoms with Crippen molar-refractivity contribution < 1.29 is 28.3 Å².